The van der Waals surface area contributed by atoms with E-state index in [4.69, 9.17) is 0 Å². The van der Waals surface area contributed by atoms with E-state index in [1.165, 1.54) is 11.9 Å². The highest BCUT2D eigenvalue weighted by Crippen LogP contribution is 2.08. The summed E-state index contributed by atoms with van der Waals surface area (Å²) >= 11 is 0. The average molecular weight is 358 g/mol. The average Bonchev–Trinajstić information content (AvgIpc) is 3.15. The van der Waals surface area contributed by atoms with Crippen molar-refractivity contribution >= 4 is 5.96 Å². The van der Waals surface area contributed by atoms with Crippen LogP contribution in [0.3, 0.4) is 0 Å². The lowest BCUT2D eigenvalue weighted by Gasteiger charge is -2.30. The van der Waals surface area contributed by atoms with Gasteiger partial charge in [0.2, 0.25) is 0 Å². The molecule has 0 bridgehead atoms. The van der Waals surface area contributed by atoms with Crippen molar-refractivity contribution in [3.63, 3.8) is 0 Å². The SMILES string of the molecule is CN=C(NCCN(C(C)C)C(C)C)NCc1ccc(-n2cncn2)cc1. The van der Waals surface area contributed by atoms with Crippen molar-refractivity contribution in [3.8, 4) is 5.69 Å². The maximum Gasteiger partial charge on any atom is 0.191 e. The molecule has 26 heavy (non-hydrogen) atoms. The van der Waals surface area contributed by atoms with Gasteiger partial charge in [-0.1, -0.05) is 12.1 Å². The van der Waals surface area contributed by atoms with Crippen molar-refractivity contribution in [2.24, 2.45) is 4.99 Å². The summed E-state index contributed by atoms with van der Waals surface area (Å²) in [7, 11) is 1.80. The van der Waals surface area contributed by atoms with E-state index in [1.807, 2.05) is 12.1 Å². The number of benzene rings is 1. The number of hydrogen-bond donors (Lipinski definition) is 2. The second-order valence-electron chi connectivity index (χ2n) is 6.78. The first-order valence-corrected chi connectivity index (χ1v) is 9.15. The lowest BCUT2D eigenvalue weighted by Crippen LogP contribution is -2.45. The van der Waals surface area contributed by atoms with Gasteiger partial charge in [0.1, 0.15) is 12.7 Å². The molecule has 0 unspecified atom stereocenters. The number of aliphatic imine (C=N–C) groups is 1. The molecule has 1 heterocycles. The number of nitrogens with one attached hydrogen (secondary N) is 2. The first kappa shape index (κ1) is 19.9. The van der Waals surface area contributed by atoms with Crippen LogP contribution in [0.15, 0.2) is 41.9 Å². The number of guanidine groups is 1. The molecule has 1 aromatic carbocycles. The van der Waals surface area contributed by atoms with Crippen LogP contribution >= 0.6 is 0 Å². The van der Waals surface area contributed by atoms with Crippen LogP contribution in [0.25, 0.3) is 5.69 Å². The Hall–Kier alpha value is -2.41. The highest BCUT2D eigenvalue weighted by molar-refractivity contribution is 5.79. The molecular weight excluding hydrogens is 326 g/mol. The molecule has 0 amide bonds. The molecule has 0 aliphatic heterocycles. The van der Waals surface area contributed by atoms with Gasteiger partial charge in [-0.15, -0.1) is 0 Å². The monoisotopic (exact) mass is 357 g/mol. The van der Waals surface area contributed by atoms with Crippen molar-refractivity contribution in [2.75, 3.05) is 20.1 Å². The van der Waals surface area contributed by atoms with E-state index in [-0.39, 0.29) is 0 Å². The molecule has 0 atom stereocenters. The quantitative estimate of drug-likeness (QED) is 0.559. The van der Waals surface area contributed by atoms with Crippen molar-refractivity contribution in [1.82, 2.24) is 30.3 Å². The van der Waals surface area contributed by atoms with E-state index >= 15 is 0 Å². The first-order chi connectivity index (χ1) is 12.5. The third kappa shape index (κ3) is 5.84. The minimum absolute atomic E-state index is 0.537. The zero-order chi connectivity index (χ0) is 18.9. The van der Waals surface area contributed by atoms with Crippen LogP contribution in [-0.2, 0) is 6.54 Å². The molecule has 0 saturated heterocycles. The van der Waals surface area contributed by atoms with Crippen molar-refractivity contribution in [3.05, 3.63) is 42.5 Å². The lowest BCUT2D eigenvalue weighted by molar-refractivity contribution is 0.178. The smallest absolute Gasteiger partial charge is 0.191 e. The maximum atomic E-state index is 4.30. The van der Waals surface area contributed by atoms with Gasteiger partial charge in [-0.25, -0.2) is 9.67 Å². The molecule has 142 valence electrons. The summed E-state index contributed by atoms with van der Waals surface area (Å²) in [5.74, 6) is 0.817. The van der Waals surface area contributed by atoms with Gasteiger partial charge in [0.15, 0.2) is 5.96 Å². The Morgan fingerprint density at radius 1 is 1.12 bits per heavy atom. The molecule has 0 saturated carbocycles. The predicted molar refractivity (Wildman–Crippen MR) is 107 cm³/mol. The fourth-order valence-electron chi connectivity index (χ4n) is 2.93. The molecule has 7 nitrogen and oxygen atoms in total. The highest BCUT2D eigenvalue weighted by Gasteiger charge is 2.12. The molecule has 0 fully saturated rings. The number of nitrogens with zero attached hydrogens (tertiary/aromatic N) is 5. The van der Waals surface area contributed by atoms with Gasteiger partial charge in [-0.3, -0.25) is 9.89 Å². The molecule has 0 aliphatic rings. The Bertz CT molecular complexity index is 652. The van der Waals surface area contributed by atoms with Crippen LogP contribution in [0, 0.1) is 0 Å². The Labute approximate surface area is 156 Å². The van der Waals surface area contributed by atoms with Crippen molar-refractivity contribution < 1.29 is 0 Å². The van der Waals surface area contributed by atoms with E-state index in [9.17, 15) is 0 Å². The highest BCUT2D eigenvalue weighted by atomic mass is 15.3. The van der Waals surface area contributed by atoms with E-state index in [1.54, 1.807) is 18.1 Å². The Balaban J connectivity index is 1.79. The molecule has 2 rings (SSSR count). The van der Waals surface area contributed by atoms with Gasteiger partial charge in [-0.05, 0) is 45.4 Å². The topological polar surface area (TPSA) is 70.4 Å². The minimum Gasteiger partial charge on any atom is -0.355 e. The van der Waals surface area contributed by atoms with Gasteiger partial charge in [-0.2, -0.15) is 5.10 Å². The molecule has 0 aliphatic carbocycles. The fraction of sp³-hybridized carbons (Fsp3) is 0.526. The van der Waals surface area contributed by atoms with Crippen LogP contribution in [0.1, 0.15) is 33.3 Å². The molecule has 1 aromatic heterocycles. The largest absolute Gasteiger partial charge is 0.355 e. The number of rotatable bonds is 8. The summed E-state index contributed by atoms with van der Waals surface area (Å²) in [4.78, 5) is 10.7. The van der Waals surface area contributed by atoms with E-state index in [0.29, 0.717) is 12.1 Å². The standard InChI is InChI=1S/C19H31N7/c1-15(2)25(16(3)4)11-10-22-19(20-5)23-12-17-6-8-18(9-7-17)26-14-21-13-24-26/h6-9,13-16H,10-12H2,1-5H3,(H2,20,22,23). The van der Waals surface area contributed by atoms with Crippen LogP contribution < -0.4 is 10.6 Å². The van der Waals surface area contributed by atoms with Crippen molar-refractivity contribution in [2.45, 2.75) is 46.3 Å². The second kappa shape index (κ2) is 9.91. The van der Waals surface area contributed by atoms with Crippen LogP contribution in [-0.4, -0.2) is 57.8 Å². The molecule has 0 radical (unpaired) electrons. The summed E-state index contributed by atoms with van der Waals surface area (Å²) in [6.45, 7) is 11.5. The Morgan fingerprint density at radius 3 is 2.35 bits per heavy atom. The summed E-state index contributed by atoms with van der Waals surface area (Å²) < 4.78 is 1.74. The van der Waals surface area contributed by atoms with E-state index in [0.717, 1.165) is 31.3 Å². The van der Waals surface area contributed by atoms with Gasteiger partial charge >= 0.3 is 0 Å². The first-order valence-electron chi connectivity index (χ1n) is 9.15. The molecule has 7 heteroatoms. The molecule has 2 aromatic rings. The number of hydrogen-bond acceptors (Lipinski definition) is 4. The Kier molecular flexibility index (Phi) is 7.59. The minimum atomic E-state index is 0.537. The van der Waals surface area contributed by atoms with Crippen LogP contribution in [0.4, 0.5) is 0 Å². The third-order valence-electron chi connectivity index (χ3n) is 4.29. The van der Waals surface area contributed by atoms with Gasteiger partial charge < -0.3 is 10.6 Å². The van der Waals surface area contributed by atoms with E-state index < -0.39 is 0 Å². The third-order valence-corrected chi connectivity index (χ3v) is 4.29. The zero-order valence-corrected chi connectivity index (χ0v) is 16.5. The molecule has 0 spiro atoms. The lowest BCUT2D eigenvalue weighted by atomic mass is 10.2. The van der Waals surface area contributed by atoms with Gasteiger partial charge in [0.25, 0.3) is 0 Å². The van der Waals surface area contributed by atoms with Crippen LogP contribution in [0.5, 0.6) is 0 Å². The van der Waals surface area contributed by atoms with E-state index in [2.05, 4.69) is 70.4 Å². The van der Waals surface area contributed by atoms with Gasteiger partial charge in [0.05, 0.1) is 5.69 Å². The second-order valence-corrected chi connectivity index (χ2v) is 6.78. The summed E-state index contributed by atoms with van der Waals surface area (Å²) in [5.41, 5.74) is 2.18. The maximum absolute atomic E-state index is 4.30. The normalized spacial score (nSPS) is 12.2. The van der Waals surface area contributed by atoms with Crippen LogP contribution in [0.2, 0.25) is 0 Å². The Morgan fingerprint density at radius 2 is 1.81 bits per heavy atom. The predicted octanol–water partition coefficient (Wildman–Crippen LogP) is 2.05. The summed E-state index contributed by atoms with van der Waals surface area (Å²) in [6.07, 6.45) is 3.22. The van der Waals surface area contributed by atoms with Crippen molar-refractivity contribution in [1.29, 1.82) is 0 Å². The molecular formula is C19H31N7. The fourth-order valence-corrected chi connectivity index (χ4v) is 2.93. The zero-order valence-electron chi connectivity index (χ0n) is 16.5. The summed E-state index contributed by atoms with van der Waals surface area (Å²) in [5, 5.41) is 10.9. The number of aromatic nitrogens is 3. The molecule has 2 N–H and O–H groups in total. The van der Waals surface area contributed by atoms with Gasteiger partial charge in [0, 0.05) is 38.8 Å². The summed E-state index contributed by atoms with van der Waals surface area (Å²) in [6, 6.07) is 9.30.